The van der Waals surface area contributed by atoms with E-state index in [-0.39, 0.29) is 0 Å². The van der Waals surface area contributed by atoms with Crippen LogP contribution in [0.5, 0.6) is 0 Å². The smallest absolute Gasteiger partial charge is 0.0736 e. The molecule has 2 aliphatic heterocycles. The fraction of sp³-hybridized carbons (Fsp3) is 0.0303. The molecule has 0 saturated carbocycles. The van der Waals surface area contributed by atoms with Crippen molar-refractivity contribution in [3.63, 3.8) is 0 Å². The van der Waals surface area contributed by atoms with E-state index in [0.717, 1.165) is 17.1 Å². The summed E-state index contributed by atoms with van der Waals surface area (Å²) in [7, 11) is 0. The Morgan fingerprint density at radius 2 is 0.652 bits per heavy atom. The van der Waals surface area contributed by atoms with Crippen molar-refractivity contribution in [2.75, 3.05) is 4.90 Å². The molecular formula is C66H41NS2. The lowest BCUT2D eigenvalue weighted by Gasteiger charge is -2.40. The van der Waals surface area contributed by atoms with Crippen molar-refractivity contribution in [2.24, 2.45) is 0 Å². The van der Waals surface area contributed by atoms with Crippen molar-refractivity contribution in [1.82, 2.24) is 0 Å². The Morgan fingerprint density at radius 3 is 1.13 bits per heavy atom. The number of anilines is 3. The van der Waals surface area contributed by atoms with E-state index in [1.165, 1.54) is 108 Å². The first-order valence-electron chi connectivity index (χ1n) is 23.8. The highest BCUT2D eigenvalue weighted by molar-refractivity contribution is 7.99. The summed E-state index contributed by atoms with van der Waals surface area (Å²) in [5, 5.41) is 2.49. The van der Waals surface area contributed by atoms with Gasteiger partial charge in [-0.2, -0.15) is 0 Å². The van der Waals surface area contributed by atoms with Gasteiger partial charge in [0, 0.05) is 36.4 Å². The maximum atomic E-state index is 2.60. The first-order chi connectivity index (χ1) is 34.2. The predicted molar refractivity (Wildman–Crippen MR) is 287 cm³/mol. The summed E-state index contributed by atoms with van der Waals surface area (Å²) < 4.78 is 0. The molecule has 3 heteroatoms. The van der Waals surface area contributed by atoms with Crippen molar-refractivity contribution in [2.45, 2.75) is 30.4 Å². The molecule has 11 aromatic carbocycles. The average molecular weight is 912 g/mol. The standard InChI is InChI=1S/C66H41NS2/c1-2-18-44-41-45(36-35-42(44)17-1)43-37-39-46(40-38-43)67(57-29-15-27-55-63(57)47-19-3-5-21-49(47)65(55)51-23-7-11-31-59(51)68-60-32-12-8-24-52(60)65)58-30-16-28-56-64(58)48-20-4-6-22-50(48)66(56)53-25-9-13-33-61(53)69-62-34-14-10-26-54(62)66/h1-41H. The molecule has 0 radical (unpaired) electrons. The Morgan fingerprint density at radius 1 is 0.275 bits per heavy atom. The number of nitrogens with zero attached hydrogens (tertiary/aromatic N) is 1. The van der Waals surface area contributed by atoms with Gasteiger partial charge in [0.15, 0.2) is 0 Å². The minimum atomic E-state index is -0.505. The van der Waals surface area contributed by atoms with Crippen LogP contribution >= 0.6 is 23.5 Å². The van der Waals surface area contributed by atoms with Crippen LogP contribution in [0.25, 0.3) is 44.2 Å². The van der Waals surface area contributed by atoms with Crippen LogP contribution in [0.15, 0.2) is 268 Å². The average Bonchev–Trinajstić information content (AvgIpc) is 3.88. The van der Waals surface area contributed by atoms with Gasteiger partial charge in [0.05, 0.1) is 22.2 Å². The van der Waals surface area contributed by atoms with E-state index in [0.29, 0.717) is 0 Å². The molecule has 2 spiro atoms. The highest BCUT2D eigenvalue weighted by Crippen LogP contribution is 2.67. The summed E-state index contributed by atoms with van der Waals surface area (Å²) in [5.74, 6) is 0. The zero-order valence-corrected chi connectivity index (χ0v) is 39.1. The van der Waals surface area contributed by atoms with Crippen LogP contribution in [0.3, 0.4) is 0 Å². The molecule has 2 heterocycles. The number of benzene rings is 11. The number of hydrogen-bond donors (Lipinski definition) is 0. The molecule has 322 valence electrons. The predicted octanol–water partition coefficient (Wildman–Crippen LogP) is 17.6. The number of fused-ring (bicyclic) bond motifs is 19. The minimum Gasteiger partial charge on any atom is -0.309 e. The molecule has 69 heavy (non-hydrogen) atoms. The monoisotopic (exact) mass is 911 g/mol. The highest BCUT2D eigenvalue weighted by Gasteiger charge is 2.53. The first-order valence-corrected chi connectivity index (χ1v) is 25.5. The Hall–Kier alpha value is -7.82. The molecule has 0 amide bonds. The maximum absolute atomic E-state index is 2.60. The number of rotatable bonds is 4. The van der Waals surface area contributed by atoms with Gasteiger partial charge in [-0.15, -0.1) is 0 Å². The van der Waals surface area contributed by atoms with E-state index in [9.17, 15) is 0 Å². The van der Waals surface area contributed by atoms with Crippen molar-refractivity contribution in [1.29, 1.82) is 0 Å². The number of hydrogen-bond acceptors (Lipinski definition) is 3. The van der Waals surface area contributed by atoms with Crippen molar-refractivity contribution < 1.29 is 0 Å². The summed E-state index contributed by atoms with van der Waals surface area (Å²) >= 11 is 3.79. The third-order valence-corrected chi connectivity index (χ3v) is 17.7. The van der Waals surface area contributed by atoms with Crippen LogP contribution in [-0.2, 0) is 10.8 Å². The van der Waals surface area contributed by atoms with Crippen molar-refractivity contribution in [3.8, 4) is 33.4 Å². The molecule has 2 aliphatic carbocycles. The summed E-state index contributed by atoms with van der Waals surface area (Å²) in [6.07, 6.45) is 0. The van der Waals surface area contributed by atoms with Gasteiger partial charge in [-0.3, -0.25) is 0 Å². The fourth-order valence-electron chi connectivity index (χ4n) is 12.7. The largest absolute Gasteiger partial charge is 0.309 e. The highest BCUT2D eigenvalue weighted by atomic mass is 32.2. The van der Waals surface area contributed by atoms with Crippen LogP contribution in [0.1, 0.15) is 44.5 Å². The molecule has 15 rings (SSSR count). The first kappa shape index (κ1) is 39.2. The van der Waals surface area contributed by atoms with Gasteiger partial charge in [0.2, 0.25) is 0 Å². The molecule has 0 N–H and O–H groups in total. The van der Waals surface area contributed by atoms with Crippen LogP contribution in [0, 0.1) is 0 Å². The van der Waals surface area contributed by atoms with E-state index < -0.39 is 10.8 Å². The molecule has 0 atom stereocenters. The minimum absolute atomic E-state index is 0.505. The van der Waals surface area contributed by atoms with Gasteiger partial charge in [0.1, 0.15) is 0 Å². The second kappa shape index (κ2) is 14.8. The van der Waals surface area contributed by atoms with E-state index >= 15 is 0 Å². The Kier molecular flexibility index (Phi) is 8.43. The lowest BCUT2D eigenvalue weighted by atomic mass is 9.67. The Balaban J connectivity index is 1.03. The van der Waals surface area contributed by atoms with Gasteiger partial charge in [0.25, 0.3) is 0 Å². The lowest BCUT2D eigenvalue weighted by molar-refractivity contribution is 0.722. The molecule has 11 aromatic rings. The molecule has 0 aromatic heterocycles. The van der Waals surface area contributed by atoms with Crippen LogP contribution in [-0.4, -0.2) is 0 Å². The van der Waals surface area contributed by atoms with E-state index in [2.05, 4.69) is 254 Å². The third-order valence-electron chi connectivity index (χ3n) is 15.4. The summed E-state index contributed by atoms with van der Waals surface area (Å²) in [4.78, 5) is 7.82. The molecule has 0 bridgehead atoms. The second-order valence-corrected chi connectivity index (χ2v) is 20.8. The molecule has 0 unspecified atom stereocenters. The van der Waals surface area contributed by atoms with Crippen LogP contribution < -0.4 is 4.90 Å². The topological polar surface area (TPSA) is 3.24 Å². The Labute approximate surface area is 410 Å². The second-order valence-electron chi connectivity index (χ2n) is 18.6. The quantitative estimate of drug-likeness (QED) is 0.173. The molecule has 4 aliphatic rings. The van der Waals surface area contributed by atoms with Gasteiger partial charge >= 0.3 is 0 Å². The van der Waals surface area contributed by atoms with Gasteiger partial charge in [-0.05, 0) is 132 Å². The SMILES string of the molecule is c1ccc2c(c1)Sc1ccccc1C21c2ccccc2-c2c(N(c3ccc(-c4ccc5ccccc5c4)cc3)c3cccc4c3-c3ccccc3C43c4ccccc4Sc4ccccc43)cccc21. The molecular weight excluding hydrogens is 871 g/mol. The van der Waals surface area contributed by atoms with Crippen molar-refractivity contribution >= 4 is 51.4 Å². The van der Waals surface area contributed by atoms with Crippen LogP contribution in [0.4, 0.5) is 17.1 Å². The van der Waals surface area contributed by atoms with E-state index in [1.807, 2.05) is 23.5 Å². The van der Waals surface area contributed by atoms with E-state index in [1.54, 1.807) is 0 Å². The zero-order chi connectivity index (χ0) is 45.3. The molecule has 0 saturated heterocycles. The lowest BCUT2D eigenvalue weighted by Crippen LogP contribution is -2.32. The maximum Gasteiger partial charge on any atom is 0.0736 e. The van der Waals surface area contributed by atoms with Gasteiger partial charge in [-0.1, -0.05) is 218 Å². The van der Waals surface area contributed by atoms with Crippen LogP contribution in [0.2, 0.25) is 0 Å². The summed E-state index contributed by atoms with van der Waals surface area (Å²) in [5.41, 5.74) is 20.6. The zero-order valence-electron chi connectivity index (χ0n) is 37.4. The Bertz CT molecular complexity index is 3650. The molecule has 0 fully saturated rings. The van der Waals surface area contributed by atoms with Gasteiger partial charge < -0.3 is 4.90 Å². The van der Waals surface area contributed by atoms with Crippen molar-refractivity contribution in [3.05, 3.63) is 293 Å². The molecule has 1 nitrogen and oxygen atoms in total. The summed E-state index contributed by atoms with van der Waals surface area (Å²) in [6.45, 7) is 0. The van der Waals surface area contributed by atoms with E-state index in [4.69, 9.17) is 0 Å². The third kappa shape index (κ3) is 5.29. The fourth-order valence-corrected chi connectivity index (χ4v) is 15.1. The normalized spacial score (nSPS) is 14.5. The summed E-state index contributed by atoms with van der Waals surface area (Å²) in [6, 6.07) is 93.9. The van der Waals surface area contributed by atoms with Gasteiger partial charge in [-0.25, -0.2) is 0 Å².